The Morgan fingerprint density at radius 1 is 1.15 bits per heavy atom. The second-order valence-corrected chi connectivity index (χ2v) is 15.7. The number of hydrogen-bond acceptors (Lipinski definition) is 6. The van der Waals surface area contributed by atoms with Gasteiger partial charge in [0.1, 0.15) is 23.1 Å². The topological polar surface area (TPSA) is 83.9 Å². The van der Waals surface area contributed by atoms with Gasteiger partial charge in [0.25, 0.3) is 0 Å². The molecule has 0 amide bonds. The Morgan fingerprint density at radius 2 is 1.98 bits per heavy atom. The van der Waals surface area contributed by atoms with Crippen molar-refractivity contribution in [2.75, 3.05) is 32.1 Å². The molecule has 48 heavy (non-hydrogen) atoms. The zero-order chi connectivity index (χ0) is 33.5. The van der Waals surface area contributed by atoms with Gasteiger partial charge in [-0.25, -0.2) is 4.79 Å². The molecule has 8 heteroatoms. The number of nitrogens with zero attached hydrogens (tertiary/aromatic N) is 2. The van der Waals surface area contributed by atoms with E-state index in [-0.39, 0.29) is 11.5 Å². The summed E-state index contributed by atoms with van der Waals surface area (Å²) in [6, 6.07) is 16.2. The molecule has 4 atom stereocenters. The Hall–Kier alpha value is -3.29. The van der Waals surface area contributed by atoms with Crippen LogP contribution in [0.5, 0.6) is 11.5 Å². The predicted octanol–water partition coefficient (Wildman–Crippen LogP) is 8.28. The Labute approximate surface area is 290 Å². The van der Waals surface area contributed by atoms with Crippen LogP contribution in [0.25, 0.3) is 0 Å². The van der Waals surface area contributed by atoms with Crippen LogP contribution in [-0.4, -0.2) is 59.3 Å². The standard InChI is InChI=1S/C40H50ClN3O4/c1-26(25-47-36-12-18-42-35-9-4-6-27(2)37(35)36)20-29-21-28-10-11-32(48-33-13-19-44(3)24-33)23-34(28)39(29)14-16-40(17-15-39,38(45)46)43-31-8-5-7-30(41)22-31/h5,7-8,10-12,18,22-23,26-27,29,33,43H,4,6,9,13-17,19-21,24-25H2,1-3H3,(H,45,46)/t26-,27-,29+,33-,39?,40?/m1/s1. The fraction of sp³-hybridized carbons (Fsp3) is 0.550. The van der Waals surface area contributed by atoms with Crippen molar-refractivity contribution in [3.05, 3.63) is 82.1 Å². The number of hydrogen-bond donors (Lipinski definition) is 2. The van der Waals surface area contributed by atoms with Crippen LogP contribution in [-0.2, 0) is 23.1 Å². The maximum absolute atomic E-state index is 13.0. The number of carbonyl (C=O) groups is 1. The van der Waals surface area contributed by atoms with E-state index in [0.717, 1.165) is 68.8 Å². The monoisotopic (exact) mass is 671 g/mol. The molecule has 2 aromatic carbocycles. The Bertz CT molecular complexity index is 1640. The molecule has 1 aliphatic heterocycles. The number of pyridine rings is 1. The molecule has 2 fully saturated rings. The smallest absolute Gasteiger partial charge is 0.329 e. The largest absolute Gasteiger partial charge is 0.493 e. The van der Waals surface area contributed by atoms with Crippen LogP contribution in [0.4, 0.5) is 5.69 Å². The first kappa shape index (κ1) is 33.2. The van der Waals surface area contributed by atoms with Gasteiger partial charge in [0.15, 0.2) is 0 Å². The molecule has 2 N–H and O–H groups in total. The molecule has 7 rings (SSSR count). The summed E-state index contributed by atoms with van der Waals surface area (Å²) < 4.78 is 13.1. The highest BCUT2D eigenvalue weighted by Crippen LogP contribution is 2.57. The summed E-state index contributed by atoms with van der Waals surface area (Å²) in [7, 11) is 2.15. The second-order valence-electron chi connectivity index (χ2n) is 15.3. The highest BCUT2D eigenvalue weighted by atomic mass is 35.5. The van der Waals surface area contributed by atoms with Crippen molar-refractivity contribution in [3.8, 4) is 11.5 Å². The van der Waals surface area contributed by atoms with Gasteiger partial charge in [-0.3, -0.25) is 4.98 Å². The molecule has 2 heterocycles. The summed E-state index contributed by atoms with van der Waals surface area (Å²) in [5, 5.41) is 14.6. The number of nitrogens with one attached hydrogen (secondary N) is 1. The summed E-state index contributed by atoms with van der Waals surface area (Å²) in [6.45, 7) is 7.26. The number of carboxylic acids is 1. The van der Waals surface area contributed by atoms with Gasteiger partial charge in [-0.2, -0.15) is 0 Å². The lowest BCUT2D eigenvalue weighted by atomic mass is 9.59. The number of aromatic nitrogens is 1. The van der Waals surface area contributed by atoms with E-state index in [1.54, 1.807) is 0 Å². The highest BCUT2D eigenvalue weighted by molar-refractivity contribution is 6.30. The molecule has 3 aromatic rings. The summed E-state index contributed by atoms with van der Waals surface area (Å²) in [6.07, 6.45) is 11.2. The van der Waals surface area contributed by atoms with E-state index in [1.807, 2.05) is 36.5 Å². The summed E-state index contributed by atoms with van der Waals surface area (Å²) in [4.78, 5) is 19.9. The molecule has 3 aliphatic carbocycles. The molecular formula is C40H50ClN3O4. The molecule has 1 saturated heterocycles. The minimum atomic E-state index is -1.04. The quantitative estimate of drug-likeness (QED) is 0.224. The molecule has 0 bridgehead atoms. The summed E-state index contributed by atoms with van der Waals surface area (Å²) in [5.41, 5.74) is 4.83. The Morgan fingerprint density at radius 3 is 2.73 bits per heavy atom. The van der Waals surface area contributed by atoms with Crippen molar-refractivity contribution in [2.45, 2.75) is 101 Å². The number of likely N-dealkylation sites (tertiary alicyclic amines) is 1. The summed E-state index contributed by atoms with van der Waals surface area (Å²) >= 11 is 6.28. The fourth-order valence-electron chi connectivity index (χ4n) is 9.33. The van der Waals surface area contributed by atoms with E-state index in [2.05, 4.69) is 54.3 Å². The number of aryl methyl sites for hydroxylation is 1. The summed E-state index contributed by atoms with van der Waals surface area (Å²) in [5.74, 6) is 2.34. The minimum absolute atomic E-state index is 0.116. The number of ether oxygens (including phenoxy) is 2. The van der Waals surface area contributed by atoms with E-state index in [9.17, 15) is 9.90 Å². The number of aliphatic carboxylic acids is 1. The van der Waals surface area contributed by atoms with Crippen molar-refractivity contribution in [2.24, 2.45) is 11.8 Å². The zero-order valence-electron chi connectivity index (χ0n) is 28.6. The van der Waals surface area contributed by atoms with Gasteiger partial charge in [0.05, 0.1) is 6.61 Å². The van der Waals surface area contributed by atoms with Gasteiger partial charge in [0.2, 0.25) is 0 Å². The number of rotatable bonds is 10. The molecule has 7 nitrogen and oxygen atoms in total. The molecule has 1 saturated carbocycles. The first-order chi connectivity index (χ1) is 23.1. The number of benzene rings is 2. The Kier molecular flexibility index (Phi) is 9.38. The number of likely N-dealkylation sites (N-methyl/N-ethyl adjacent to an activating group) is 1. The maximum atomic E-state index is 13.0. The third-order valence-electron chi connectivity index (χ3n) is 11.9. The first-order valence-electron chi connectivity index (χ1n) is 18.0. The van der Waals surface area contributed by atoms with Crippen LogP contribution in [0.3, 0.4) is 0 Å². The van der Waals surface area contributed by atoms with E-state index in [1.165, 1.54) is 35.2 Å². The lowest BCUT2D eigenvalue weighted by Gasteiger charge is -2.47. The average Bonchev–Trinajstić information content (AvgIpc) is 3.60. The Balaban J connectivity index is 1.13. The lowest BCUT2D eigenvalue weighted by Crippen LogP contribution is -2.53. The van der Waals surface area contributed by atoms with Crippen LogP contribution in [0.15, 0.2) is 54.7 Å². The first-order valence-corrected chi connectivity index (χ1v) is 18.4. The molecule has 1 spiro atoms. The lowest BCUT2D eigenvalue weighted by molar-refractivity contribution is -0.144. The molecule has 0 unspecified atom stereocenters. The van der Waals surface area contributed by atoms with Crippen LogP contribution in [0, 0.1) is 11.8 Å². The van der Waals surface area contributed by atoms with Gasteiger partial charge in [-0.05, 0) is 142 Å². The molecule has 1 aromatic heterocycles. The van der Waals surface area contributed by atoms with Crippen molar-refractivity contribution in [1.29, 1.82) is 0 Å². The molecule has 256 valence electrons. The molecular weight excluding hydrogens is 622 g/mol. The van der Waals surface area contributed by atoms with E-state index in [0.29, 0.717) is 42.2 Å². The number of anilines is 1. The van der Waals surface area contributed by atoms with Crippen molar-refractivity contribution >= 4 is 23.3 Å². The maximum Gasteiger partial charge on any atom is 0.329 e. The van der Waals surface area contributed by atoms with Crippen molar-refractivity contribution in [3.63, 3.8) is 0 Å². The fourth-order valence-corrected chi connectivity index (χ4v) is 9.52. The third kappa shape index (κ3) is 6.53. The van der Waals surface area contributed by atoms with Crippen molar-refractivity contribution in [1.82, 2.24) is 9.88 Å². The third-order valence-corrected chi connectivity index (χ3v) is 12.2. The van der Waals surface area contributed by atoms with Gasteiger partial charge in [0, 0.05) is 41.3 Å². The predicted molar refractivity (Wildman–Crippen MR) is 191 cm³/mol. The number of carboxylic acid groups (broad SMARTS) is 1. The van der Waals surface area contributed by atoms with Crippen LogP contribution in [0.2, 0.25) is 5.02 Å². The number of halogens is 1. The molecule has 4 aliphatic rings. The van der Waals surface area contributed by atoms with E-state index >= 15 is 0 Å². The van der Waals surface area contributed by atoms with Gasteiger partial charge >= 0.3 is 5.97 Å². The van der Waals surface area contributed by atoms with Crippen LogP contribution >= 0.6 is 11.6 Å². The van der Waals surface area contributed by atoms with Gasteiger partial charge in [-0.1, -0.05) is 37.6 Å². The second kappa shape index (κ2) is 13.5. The molecule has 0 radical (unpaired) electrons. The normalized spacial score (nSPS) is 28.9. The average molecular weight is 672 g/mol. The van der Waals surface area contributed by atoms with Gasteiger partial charge < -0.3 is 24.8 Å². The minimum Gasteiger partial charge on any atom is -0.493 e. The highest BCUT2D eigenvalue weighted by Gasteiger charge is 2.54. The number of fused-ring (bicyclic) bond motifs is 3. The van der Waals surface area contributed by atoms with Gasteiger partial charge in [-0.15, -0.1) is 0 Å². The zero-order valence-corrected chi connectivity index (χ0v) is 29.4. The van der Waals surface area contributed by atoms with Crippen LogP contribution in [0.1, 0.15) is 93.5 Å². The van der Waals surface area contributed by atoms with Crippen LogP contribution < -0.4 is 14.8 Å². The van der Waals surface area contributed by atoms with E-state index < -0.39 is 11.5 Å². The SMILES string of the molecule is C[C@@H](COc1ccnc2c1[C@H](C)CCC2)C[C@H]1Cc2ccc(O[C@@H]3CCN(C)C3)cc2C12CCC(Nc1cccc(Cl)c1)(C(=O)O)CC2. The van der Waals surface area contributed by atoms with Crippen molar-refractivity contribution < 1.29 is 19.4 Å². The van der Waals surface area contributed by atoms with E-state index in [4.69, 9.17) is 21.1 Å².